The third kappa shape index (κ3) is 4.90. The van der Waals surface area contributed by atoms with Gasteiger partial charge in [-0.05, 0) is 55.4 Å². The summed E-state index contributed by atoms with van der Waals surface area (Å²) in [5, 5.41) is 14.6. The van der Waals surface area contributed by atoms with Crippen molar-refractivity contribution < 1.29 is 14.7 Å². The Bertz CT molecular complexity index is 1050. The quantitative estimate of drug-likeness (QED) is 0.481. The average molecular weight is 433 g/mol. The number of likely N-dealkylation sites (N-methyl/N-ethyl adjacent to an activating group) is 1. The molecule has 0 bridgehead atoms. The molecule has 32 heavy (non-hydrogen) atoms. The summed E-state index contributed by atoms with van der Waals surface area (Å²) in [5.41, 5.74) is 4.36. The van der Waals surface area contributed by atoms with Crippen LogP contribution in [0.25, 0.3) is 11.6 Å². The second kappa shape index (κ2) is 9.80. The molecule has 7 nitrogen and oxygen atoms in total. The minimum atomic E-state index is -0.430. The van der Waals surface area contributed by atoms with Crippen LogP contribution in [0.2, 0.25) is 0 Å². The Kier molecular flexibility index (Phi) is 6.68. The van der Waals surface area contributed by atoms with E-state index in [0.717, 1.165) is 37.4 Å². The molecule has 0 atom stereocenters. The SMILES string of the molecule is CN1CCN(c2ccc(NC=C3C(=O)NC(=O)c4ccc(C=CCCO)cc43)cc2)CC1. The van der Waals surface area contributed by atoms with E-state index >= 15 is 0 Å². The first kappa shape index (κ1) is 21.8. The molecule has 0 aromatic heterocycles. The minimum Gasteiger partial charge on any atom is -0.396 e. The van der Waals surface area contributed by atoms with E-state index < -0.39 is 11.8 Å². The molecule has 1 fully saturated rings. The molecule has 0 spiro atoms. The number of nitrogens with zero attached hydrogens (tertiary/aromatic N) is 2. The van der Waals surface area contributed by atoms with Crippen molar-refractivity contribution in [2.24, 2.45) is 0 Å². The molecule has 0 radical (unpaired) electrons. The smallest absolute Gasteiger partial charge is 0.260 e. The van der Waals surface area contributed by atoms with Crippen LogP contribution in [0.1, 0.15) is 27.9 Å². The summed E-state index contributed by atoms with van der Waals surface area (Å²) in [6, 6.07) is 13.5. The van der Waals surface area contributed by atoms with Gasteiger partial charge in [-0.2, -0.15) is 0 Å². The second-order valence-corrected chi connectivity index (χ2v) is 8.04. The Balaban J connectivity index is 1.53. The van der Waals surface area contributed by atoms with Crippen molar-refractivity contribution in [2.75, 3.05) is 50.1 Å². The molecule has 7 heteroatoms. The van der Waals surface area contributed by atoms with Gasteiger partial charge in [-0.1, -0.05) is 18.2 Å². The summed E-state index contributed by atoms with van der Waals surface area (Å²) >= 11 is 0. The number of aliphatic hydroxyl groups excluding tert-OH is 1. The number of anilines is 2. The molecule has 4 rings (SSSR count). The van der Waals surface area contributed by atoms with Crippen molar-refractivity contribution >= 4 is 34.8 Å². The number of piperazine rings is 1. The van der Waals surface area contributed by atoms with E-state index in [1.807, 2.05) is 36.4 Å². The fourth-order valence-corrected chi connectivity index (χ4v) is 3.87. The number of carbonyl (C=O) groups is 2. The third-order valence-electron chi connectivity index (χ3n) is 5.78. The first-order valence-corrected chi connectivity index (χ1v) is 10.8. The zero-order valence-electron chi connectivity index (χ0n) is 18.2. The summed E-state index contributed by atoms with van der Waals surface area (Å²) in [6.07, 6.45) is 5.92. The first-order valence-electron chi connectivity index (χ1n) is 10.8. The van der Waals surface area contributed by atoms with Gasteiger partial charge in [0, 0.05) is 61.5 Å². The predicted octanol–water partition coefficient (Wildman–Crippen LogP) is 2.56. The molecule has 2 aromatic rings. The topological polar surface area (TPSA) is 84.9 Å². The molecular weight excluding hydrogens is 404 g/mol. The zero-order valence-corrected chi connectivity index (χ0v) is 18.2. The zero-order chi connectivity index (χ0) is 22.5. The van der Waals surface area contributed by atoms with Gasteiger partial charge in [0.15, 0.2) is 0 Å². The monoisotopic (exact) mass is 432 g/mol. The van der Waals surface area contributed by atoms with Crippen molar-refractivity contribution in [1.29, 1.82) is 0 Å². The molecule has 2 heterocycles. The van der Waals surface area contributed by atoms with Gasteiger partial charge in [0.1, 0.15) is 0 Å². The molecule has 0 aliphatic carbocycles. The number of carbonyl (C=O) groups excluding carboxylic acids is 2. The standard InChI is InChI=1S/C25H28N4O3/c1-28-11-13-29(14-12-28)20-8-6-19(7-9-20)26-17-23-22-16-18(4-2-3-15-30)5-10-21(22)24(31)27-25(23)32/h2,4-10,16-17,26,30H,3,11-15H2,1H3,(H,27,31,32). The largest absolute Gasteiger partial charge is 0.396 e. The lowest BCUT2D eigenvalue weighted by Gasteiger charge is -2.34. The fourth-order valence-electron chi connectivity index (χ4n) is 3.87. The van der Waals surface area contributed by atoms with Crippen LogP contribution in [0.3, 0.4) is 0 Å². The number of imide groups is 1. The van der Waals surface area contributed by atoms with Gasteiger partial charge in [-0.25, -0.2) is 0 Å². The van der Waals surface area contributed by atoms with Crippen LogP contribution in [0.4, 0.5) is 11.4 Å². The van der Waals surface area contributed by atoms with Crippen molar-refractivity contribution in [3.8, 4) is 0 Å². The Morgan fingerprint density at radius 1 is 1.00 bits per heavy atom. The normalized spacial score (nSPS) is 18.2. The number of benzene rings is 2. The lowest BCUT2D eigenvalue weighted by Crippen LogP contribution is -2.44. The van der Waals surface area contributed by atoms with Crippen LogP contribution in [0.5, 0.6) is 0 Å². The summed E-state index contributed by atoms with van der Waals surface area (Å²) in [5.74, 6) is -0.829. The molecule has 166 valence electrons. The van der Waals surface area contributed by atoms with Crippen LogP contribution >= 0.6 is 0 Å². The number of rotatable bonds is 6. The Morgan fingerprint density at radius 2 is 1.75 bits per heavy atom. The van der Waals surface area contributed by atoms with E-state index in [9.17, 15) is 9.59 Å². The maximum Gasteiger partial charge on any atom is 0.260 e. The van der Waals surface area contributed by atoms with Crippen LogP contribution in [-0.2, 0) is 4.79 Å². The summed E-state index contributed by atoms with van der Waals surface area (Å²) in [6.45, 7) is 4.19. The van der Waals surface area contributed by atoms with Gasteiger partial charge in [-0.15, -0.1) is 0 Å². The molecule has 3 N–H and O–H groups in total. The second-order valence-electron chi connectivity index (χ2n) is 8.04. The van der Waals surface area contributed by atoms with E-state index in [2.05, 4.69) is 39.6 Å². The van der Waals surface area contributed by atoms with Gasteiger partial charge in [0.25, 0.3) is 11.8 Å². The summed E-state index contributed by atoms with van der Waals surface area (Å²) in [7, 11) is 2.14. The maximum atomic E-state index is 12.5. The molecule has 0 unspecified atom stereocenters. The highest BCUT2D eigenvalue weighted by molar-refractivity contribution is 6.31. The molecular formula is C25H28N4O3. The molecule has 0 saturated carbocycles. The van der Waals surface area contributed by atoms with Crippen molar-refractivity contribution in [1.82, 2.24) is 10.2 Å². The number of amides is 2. The average Bonchev–Trinajstić information content (AvgIpc) is 2.80. The van der Waals surface area contributed by atoms with Crippen molar-refractivity contribution in [3.63, 3.8) is 0 Å². The van der Waals surface area contributed by atoms with E-state index in [0.29, 0.717) is 23.1 Å². The van der Waals surface area contributed by atoms with Crippen LogP contribution in [0, 0.1) is 0 Å². The highest BCUT2D eigenvalue weighted by Crippen LogP contribution is 2.27. The predicted molar refractivity (Wildman–Crippen MR) is 127 cm³/mol. The lowest BCUT2D eigenvalue weighted by molar-refractivity contribution is -0.114. The highest BCUT2D eigenvalue weighted by atomic mass is 16.2. The van der Waals surface area contributed by atoms with Gasteiger partial charge in [-0.3, -0.25) is 14.9 Å². The number of hydrogen-bond acceptors (Lipinski definition) is 6. The minimum absolute atomic E-state index is 0.0744. The van der Waals surface area contributed by atoms with Crippen LogP contribution < -0.4 is 15.5 Å². The van der Waals surface area contributed by atoms with E-state index in [1.165, 1.54) is 5.69 Å². The lowest BCUT2D eigenvalue weighted by atomic mass is 9.93. The van der Waals surface area contributed by atoms with E-state index in [-0.39, 0.29) is 6.61 Å². The van der Waals surface area contributed by atoms with Gasteiger partial charge in [0.05, 0.1) is 5.57 Å². The number of hydrogen-bond donors (Lipinski definition) is 3. The first-order chi connectivity index (χ1) is 15.5. The molecule has 1 saturated heterocycles. The maximum absolute atomic E-state index is 12.5. The van der Waals surface area contributed by atoms with Crippen molar-refractivity contribution in [3.05, 3.63) is 71.4 Å². The Labute approximate surface area is 188 Å². The van der Waals surface area contributed by atoms with Crippen LogP contribution in [-0.4, -0.2) is 61.7 Å². The molecule has 2 aromatic carbocycles. The number of aliphatic hydroxyl groups is 1. The molecule has 2 aliphatic rings. The Hall–Kier alpha value is -3.42. The molecule has 2 amide bonds. The van der Waals surface area contributed by atoms with E-state index in [1.54, 1.807) is 12.3 Å². The number of nitrogens with one attached hydrogen (secondary N) is 2. The van der Waals surface area contributed by atoms with Crippen molar-refractivity contribution in [2.45, 2.75) is 6.42 Å². The van der Waals surface area contributed by atoms with Gasteiger partial charge in [0.2, 0.25) is 0 Å². The van der Waals surface area contributed by atoms with Gasteiger partial charge >= 0.3 is 0 Å². The number of fused-ring (bicyclic) bond motifs is 1. The fraction of sp³-hybridized carbons (Fsp3) is 0.280. The summed E-state index contributed by atoms with van der Waals surface area (Å²) < 4.78 is 0. The van der Waals surface area contributed by atoms with Crippen LogP contribution in [0.15, 0.2) is 54.7 Å². The Morgan fingerprint density at radius 3 is 2.47 bits per heavy atom. The molecule has 2 aliphatic heterocycles. The summed E-state index contributed by atoms with van der Waals surface area (Å²) in [4.78, 5) is 29.5. The third-order valence-corrected chi connectivity index (χ3v) is 5.78. The van der Waals surface area contributed by atoms with Gasteiger partial charge < -0.3 is 20.2 Å². The highest BCUT2D eigenvalue weighted by Gasteiger charge is 2.27. The van der Waals surface area contributed by atoms with E-state index in [4.69, 9.17) is 5.11 Å².